The minimum absolute atomic E-state index is 0. The van der Waals surface area contributed by atoms with Gasteiger partial charge < -0.3 is 20.9 Å². The molecule has 3 aliphatic rings. The fourth-order valence-electron chi connectivity index (χ4n) is 3.93. The van der Waals surface area contributed by atoms with Crippen LogP contribution in [0.1, 0.15) is 51.4 Å². The lowest BCUT2D eigenvalue weighted by Crippen LogP contribution is -2.47. The maximum absolute atomic E-state index is 12.6. The number of amides is 2. The van der Waals surface area contributed by atoms with Crippen LogP contribution in [0.5, 0.6) is 0 Å². The van der Waals surface area contributed by atoms with Crippen molar-refractivity contribution in [3.05, 3.63) is 0 Å². The maximum atomic E-state index is 12.6. The highest BCUT2D eigenvalue weighted by molar-refractivity contribution is 14.0. The molecule has 0 radical (unpaired) electrons. The summed E-state index contributed by atoms with van der Waals surface area (Å²) in [5.74, 6) is 1.75. The molecule has 1 unspecified atom stereocenters. The van der Waals surface area contributed by atoms with Gasteiger partial charge in [0.1, 0.15) is 0 Å². The highest BCUT2D eigenvalue weighted by Gasteiger charge is 2.32. The molecule has 0 aromatic carbocycles. The van der Waals surface area contributed by atoms with Crippen molar-refractivity contribution in [3.63, 3.8) is 0 Å². The van der Waals surface area contributed by atoms with E-state index in [4.69, 9.17) is 0 Å². The molecule has 1 aliphatic heterocycles. The number of carbonyl (C=O) groups excluding carboxylic acids is 2. The summed E-state index contributed by atoms with van der Waals surface area (Å²) in [6.45, 7) is 2.85. The molecule has 0 aromatic heterocycles. The van der Waals surface area contributed by atoms with Crippen LogP contribution in [0.2, 0.25) is 0 Å². The molecule has 7 nitrogen and oxygen atoms in total. The highest BCUT2D eigenvalue weighted by atomic mass is 127. The lowest BCUT2D eigenvalue weighted by molar-refractivity contribution is -0.135. The molecule has 0 aromatic rings. The van der Waals surface area contributed by atoms with Crippen molar-refractivity contribution >= 4 is 41.8 Å². The van der Waals surface area contributed by atoms with Gasteiger partial charge in [-0.05, 0) is 32.1 Å². The number of aliphatic imine (C=N–C) groups is 1. The Hall–Kier alpha value is -1.06. The summed E-state index contributed by atoms with van der Waals surface area (Å²) >= 11 is 0. The third-order valence-electron chi connectivity index (χ3n) is 5.68. The van der Waals surface area contributed by atoms with Gasteiger partial charge >= 0.3 is 0 Å². The minimum Gasteiger partial charge on any atom is -0.355 e. The van der Waals surface area contributed by atoms with Crippen LogP contribution in [0.3, 0.4) is 0 Å². The normalized spacial score (nSPS) is 23.5. The lowest BCUT2D eigenvalue weighted by Gasteiger charge is -2.26. The van der Waals surface area contributed by atoms with E-state index in [-0.39, 0.29) is 47.8 Å². The Balaban J connectivity index is 0.00000261. The second-order valence-corrected chi connectivity index (χ2v) is 7.81. The summed E-state index contributed by atoms with van der Waals surface area (Å²) in [6, 6.07) is 0.245. The molecule has 3 N–H and O–H groups in total. The zero-order valence-electron chi connectivity index (χ0n) is 16.3. The monoisotopic (exact) mass is 491 g/mol. The summed E-state index contributed by atoms with van der Waals surface area (Å²) in [6.07, 6.45) is 8.79. The minimum atomic E-state index is 0. The van der Waals surface area contributed by atoms with Gasteiger partial charge in [0.2, 0.25) is 11.8 Å². The maximum Gasteiger partial charge on any atom is 0.225 e. The van der Waals surface area contributed by atoms with Gasteiger partial charge in [0.05, 0.1) is 0 Å². The third kappa shape index (κ3) is 6.80. The van der Waals surface area contributed by atoms with E-state index >= 15 is 0 Å². The number of nitrogens with one attached hydrogen (secondary N) is 3. The Labute approximate surface area is 179 Å². The van der Waals surface area contributed by atoms with Gasteiger partial charge in [-0.3, -0.25) is 14.6 Å². The van der Waals surface area contributed by atoms with E-state index in [2.05, 4.69) is 20.9 Å². The molecule has 0 spiro atoms. The number of hydrogen-bond acceptors (Lipinski definition) is 3. The van der Waals surface area contributed by atoms with Crippen LogP contribution >= 0.6 is 24.0 Å². The average Bonchev–Trinajstić information content (AvgIpc) is 3.43. The molecule has 1 heterocycles. The Bertz CT molecular complexity index is 532. The zero-order valence-corrected chi connectivity index (χ0v) is 18.7. The summed E-state index contributed by atoms with van der Waals surface area (Å²) < 4.78 is 0. The van der Waals surface area contributed by atoms with Gasteiger partial charge in [0.15, 0.2) is 5.96 Å². The molecule has 2 aliphatic carbocycles. The Kier molecular flexibility index (Phi) is 9.11. The molecule has 3 rings (SSSR count). The van der Waals surface area contributed by atoms with Crippen LogP contribution in [-0.4, -0.2) is 61.9 Å². The summed E-state index contributed by atoms with van der Waals surface area (Å²) in [5.41, 5.74) is 0. The first-order chi connectivity index (χ1) is 12.7. The number of hydrogen-bond donors (Lipinski definition) is 3. The first kappa shape index (κ1) is 22.2. The van der Waals surface area contributed by atoms with E-state index in [9.17, 15) is 9.59 Å². The van der Waals surface area contributed by atoms with Crippen molar-refractivity contribution in [2.24, 2.45) is 16.8 Å². The van der Waals surface area contributed by atoms with Crippen LogP contribution in [-0.2, 0) is 9.59 Å². The Morgan fingerprint density at radius 3 is 2.33 bits per heavy atom. The molecule has 1 saturated heterocycles. The first-order valence-electron chi connectivity index (χ1n) is 10.2. The Morgan fingerprint density at radius 2 is 1.67 bits per heavy atom. The van der Waals surface area contributed by atoms with Crippen molar-refractivity contribution in [2.45, 2.75) is 57.4 Å². The second kappa shape index (κ2) is 11.1. The lowest BCUT2D eigenvalue weighted by atomic mass is 9.88. The second-order valence-electron chi connectivity index (χ2n) is 7.81. The smallest absolute Gasteiger partial charge is 0.225 e. The van der Waals surface area contributed by atoms with Crippen LogP contribution < -0.4 is 16.0 Å². The Morgan fingerprint density at radius 1 is 0.963 bits per heavy atom. The number of carbonyl (C=O) groups is 2. The molecule has 1 atom stereocenters. The topological polar surface area (TPSA) is 85.8 Å². The largest absolute Gasteiger partial charge is 0.355 e. The standard InChI is InChI=1S/C19H33N5O2.HI/c1-20-19(22-11-10-21-17(25)14-7-8-14)23-16-9-12-24(13-16)18(26)15-5-3-2-4-6-15;/h14-16H,2-13H2,1H3,(H,21,25)(H2,20,22,23);1H. The number of nitrogens with zero attached hydrogens (tertiary/aromatic N) is 2. The van der Waals surface area contributed by atoms with Crippen molar-refractivity contribution in [3.8, 4) is 0 Å². The molecular formula is C19H34IN5O2. The zero-order chi connectivity index (χ0) is 18.4. The van der Waals surface area contributed by atoms with Crippen molar-refractivity contribution in [2.75, 3.05) is 33.2 Å². The molecule has 3 fully saturated rings. The molecule has 154 valence electrons. The van der Waals surface area contributed by atoms with Gasteiger partial charge in [-0.15, -0.1) is 24.0 Å². The van der Waals surface area contributed by atoms with Gasteiger partial charge in [-0.1, -0.05) is 19.3 Å². The predicted molar refractivity (Wildman–Crippen MR) is 117 cm³/mol. The van der Waals surface area contributed by atoms with Crippen LogP contribution in [0.15, 0.2) is 4.99 Å². The van der Waals surface area contributed by atoms with Crippen LogP contribution in [0, 0.1) is 11.8 Å². The average molecular weight is 491 g/mol. The van der Waals surface area contributed by atoms with E-state index in [0.717, 1.165) is 51.2 Å². The molecular weight excluding hydrogens is 457 g/mol. The predicted octanol–water partition coefficient (Wildman–Crippen LogP) is 1.48. The summed E-state index contributed by atoms with van der Waals surface area (Å²) in [5, 5.41) is 9.59. The fourth-order valence-corrected chi connectivity index (χ4v) is 3.93. The van der Waals surface area contributed by atoms with E-state index in [1.54, 1.807) is 7.05 Å². The summed E-state index contributed by atoms with van der Waals surface area (Å²) in [4.78, 5) is 30.5. The molecule has 27 heavy (non-hydrogen) atoms. The van der Waals surface area contributed by atoms with E-state index in [1.807, 2.05) is 4.90 Å². The number of guanidine groups is 1. The highest BCUT2D eigenvalue weighted by Crippen LogP contribution is 2.28. The van der Waals surface area contributed by atoms with Crippen molar-refractivity contribution in [1.82, 2.24) is 20.9 Å². The number of likely N-dealkylation sites (tertiary alicyclic amines) is 1. The number of rotatable bonds is 6. The fraction of sp³-hybridized carbons (Fsp3) is 0.842. The molecule has 0 bridgehead atoms. The van der Waals surface area contributed by atoms with Crippen LogP contribution in [0.25, 0.3) is 0 Å². The van der Waals surface area contributed by atoms with E-state index in [1.165, 1.54) is 19.3 Å². The SMILES string of the molecule is CN=C(NCCNC(=O)C1CC1)NC1CCN(C(=O)C2CCCCC2)C1.I. The number of halogens is 1. The van der Waals surface area contributed by atoms with Crippen LogP contribution in [0.4, 0.5) is 0 Å². The molecule has 8 heteroatoms. The van der Waals surface area contributed by atoms with Gasteiger partial charge in [0, 0.05) is 51.1 Å². The molecule has 2 saturated carbocycles. The van der Waals surface area contributed by atoms with Crippen molar-refractivity contribution in [1.29, 1.82) is 0 Å². The quantitative estimate of drug-likeness (QED) is 0.228. The first-order valence-corrected chi connectivity index (χ1v) is 10.2. The third-order valence-corrected chi connectivity index (χ3v) is 5.68. The van der Waals surface area contributed by atoms with E-state index < -0.39 is 0 Å². The van der Waals surface area contributed by atoms with Gasteiger partial charge in [-0.25, -0.2) is 0 Å². The summed E-state index contributed by atoms with van der Waals surface area (Å²) in [7, 11) is 1.75. The van der Waals surface area contributed by atoms with Gasteiger partial charge in [0.25, 0.3) is 0 Å². The van der Waals surface area contributed by atoms with Crippen molar-refractivity contribution < 1.29 is 9.59 Å². The molecule has 2 amide bonds. The van der Waals surface area contributed by atoms with Gasteiger partial charge in [-0.2, -0.15) is 0 Å². The van der Waals surface area contributed by atoms with E-state index in [0.29, 0.717) is 19.0 Å².